The van der Waals surface area contributed by atoms with Gasteiger partial charge < -0.3 is 5.32 Å². The Morgan fingerprint density at radius 3 is 2.89 bits per heavy atom. The Morgan fingerprint density at radius 1 is 1.26 bits per heavy atom. The van der Waals surface area contributed by atoms with Crippen molar-refractivity contribution in [2.75, 3.05) is 5.32 Å². The number of benzene rings is 1. The molecular formula is C19H15ClN4O2S. The van der Waals surface area contributed by atoms with Gasteiger partial charge in [-0.1, -0.05) is 17.7 Å². The summed E-state index contributed by atoms with van der Waals surface area (Å²) in [5.41, 5.74) is 1.80. The SMILES string of the molecule is Cc1c(Cl)cccc1NC(=O)Cn1c(C)nc2c(sc3ncccc32)c1=O. The first-order valence-corrected chi connectivity index (χ1v) is 9.45. The van der Waals surface area contributed by atoms with E-state index in [0.29, 0.717) is 26.8 Å². The third-order valence-corrected chi connectivity index (χ3v) is 5.89. The van der Waals surface area contributed by atoms with Crippen LogP contribution in [0.15, 0.2) is 41.3 Å². The summed E-state index contributed by atoms with van der Waals surface area (Å²) in [4.78, 5) is 35.0. The lowest BCUT2D eigenvalue weighted by molar-refractivity contribution is -0.116. The van der Waals surface area contributed by atoms with E-state index in [4.69, 9.17) is 11.6 Å². The quantitative estimate of drug-likeness (QED) is 0.567. The number of carbonyl (C=O) groups is 1. The van der Waals surface area contributed by atoms with Gasteiger partial charge in [0.1, 0.15) is 21.9 Å². The average molecular weight is 399 g/mol. The van der Waals surface area contributed by atoms with E-state index in [9.17, 15) is 9.59 Å². The number of halogens is 1. The minimum absolute atomic E-state index is 0.124. The van der Waals surface area contributed by atoms with Crippen molar-refractivity contribution in [3.05, 3.63) is 63.3 Å². The molecule has 3 heterocycles. The van der Waals surface area contributed by atoms with E-state index < -0.39 is 0 Å². The predicted molar refractivity (Wildman–Crippen MR) is 109 cm³/mol. The summed E-state index contributed by atoms with van der Waals surface area (Å²) in [7, 11) is 0. The largest absolute Gasteiger partial charge is 0.324 e. The van der Waals surface area contributed by atoms with Gasteiger partial charge in [-0.3, -0.25) is 14.2 Å². The molecule has 0 aliphatic rings. The summed E-state index contributed by atoms with van der Waals surface area (Å²) < 4.78 is 1.88. The van der Waals surface area contributed by atoms with Crippen LogP contribution in [0.5, 0.6) is 0 Å². The number of nitrogens with zero attached hydrogens (tertiary/aromatic N) is 3. The van der Waals surface area contributed by atoms with Crippen molar-refractivity contribution in [3.63, 3.8) is 0 Å². The van der Waals surface area contributed by atoms with E-state index in [0.717, 1.165) is 15.8 Å². The molecule has 0 bridgehead atoms. The predicted octanol–water partition coefficient (Wildman–Crippen LogP) is 3.92. The summed E-state index contributed by atoms with van der Waals surface area (Å²) in [6.07, 6.45) is 1.68. The molecule has 0 atom stereocenters. The number of nitrogens with one attached hydrogen (secondary N) is 1. The van der Waals surface area contributed by atoms with Crippen molar-refractivity contribution < 1.29 is 4.79 Å². The topological polar surface area (TPSA) is 76.9 Å². The second kappa shape index (κ2) is 6.75. The van der Waals surface area contributed by atoms with Gasteiger partial charge in [-0.15, -0.1) is 11.3 Å². The van der Waals surface area contributed by atoms with Crippen LogP contribution >= 0.6 is 22.9 Å². The normalized spacial score (nSPS) is 11.2. The molecule has 0 aliphatic heterocycles. The van der Waals surface area contributed by atoms with Crippen LogP contribution in [0.3, 0.4) is 0 Å². The second-order valence-corrected chi connectivity index (χ2v) is 7.55. The summed E-state index contributed by atoms with van der Waals surface area (Å²) in [6, 6.07) is 9.01. The lowest BCUT2D eigenvalue weighted by atomic mass is 10.2. The Hall–Kier alpha value is -2.77. The van der Waals surface area contributed by atoms with Gasteiger partial charge >= 0.3 is 0 Å². The number of hydrogen-bond acceptors (Lipinski definition) is 5. The van der Waals surface area contributed by atoms with Crippen molar-refractivity contribution in [2.45, 2.75) is 20.4 Å². The fourth-order valence-corrected chi connectivity index (χ4v) is 4.14. The highest BCUT2D eigenvalue weighted by molar-refractivity contribution is 7.25. The standard InChI is InChI=1S/C19H15ClN4O2S/c1-10-13(20)6-3-7-14(10)23-15(25)9-24-11(2)22-16-12-5-4-8-21-18(12)27-17(16)19(24)26/h3-8H,9H2,1-2H3,(H,23,25). The minimum atomic E-state index is -0.314. The molecule has 4 rings (SSSR count). The van der Waals surface area contributed by atoms with Crippen LogP contribution in [0.25, 0.3) is 20.4 Å². The Morgan fingerprint density at radius 2 is 2.07 bits per heavy atom. The molecular weight excluding hydrogens is 384 g/mol. The van der Waals surface area contributed by atoms with Gasteiger partial charge in [-0.25, -0.2) is 9.97 Å². The average Bonchev–Trinajstić information content (AvgIpc) is 3.01. The van der Waals surface area contributed by atoms with Gasteiger partial charge in [0.25, 0.3) is 5.56 Å². The Bertz CT molecular complexity index is 1260. The molecule has 0 unspecified atom stereocenters. The van der Waals surface area contributed by atoms with Gasteiger partial charge in [0, 0.05) is 22.3 Å². The number of amides is 1. The third-order valence-electron chi connectivity index (χ3n) is 4.39. The number of fused-ring (bicyclic) bond motifs is 3. The number of pyridine rings is 1. The fraction of sp³-hybridized carbons (Fsp3) is 0.158. The van der Waals surface area contributed by atoms with E-state index in [2.05, 4.69) is 15.3 Å². The van der Waals surface area contributed by atoms with Gasteiger partial charge in [-0.2, -0.15) is 0 Å². The minimum Gasteiger partial charge on any atom is -0.324 e. The van der Waals surface area contributed by atoms with Gasteiger partial charge in [0.05, 0.1) is 5.52 Å². The summed E-state index contributed by atoms with van der Waals surface area (Å²) in [5, 5.41) is 4.23. The van der Waals surface area contributed by atoms with Gasteiger partial charge in [0.2, 0.25) is 5.91 Å². The number of hydrogen-bond donors (Lipinski definition) is 1. The summed E-state index contributed by atoms with van der Waals surface area (Å²) >= 11 is 7.38. The highest BCUT2D eigenvalue weighted by Crippen LogP contribution is 2.28. The van der Waals surface area contributed by atoms with Crippen LogP contribution in [0.1, 0.15) is 11.4 Å². The molecule has 3 aromatic heterocycles. The van der Waals surface area contributed by atoms with Crippen LogP contribution in [-0.2, 0) is 11.3 Å². The van der Waals surface area contributed by atoms with Crippen molar-refractivity contribution in [1.82, 2.24) is 14.5 Å². The highest BCUT2D eigenvalue weighted by atomic mass is 35.5. The van der Waals surface area contributed by atoms with Crippen LogP contribution < -0.4 is 10.9 Å². The smallest absolute Gasteiger partial charge is 0.272 e. The monoisotopic (exact) mass is 398 g/mol. The number of thiophene rings is 1. The molecule has 1 aromatic carbocycles. The molecule has 0 saturated carbocycles. The molecule has 6 nitrogen and oxygen atoms in total. The Labute approximate surface area is 163 Å². The number of aryl methyl sites for hydroxylation is 1. The maximum absolute atomic E-state index is 12.9. The Kier molecular flexibility index (Phi) is 4.41. The molecule has 1 amide bonds. The maximum Gasteiger partial charge on any atom is 0.272 e. The first-order chi connectivity index (χ1) is 13.0. The molecule has 4 aromatic rings. The van der Waals surface area contributed by atoms with Gasteiger partial charge in [0.15, 0.2) is 0 Å². The first kappa shape index (κ1) is 17.6. The lowest BCUT2D eigenvalue weighted by Crippen LogP contribution is -2.29. The van der Waals surface area contributed by atoms with Crippen molar-refractivity contribution in [3.8, 4) is 0 Å². The highest BCUT2D eigenvalue weighted by Gasteiger charge is 2.16. The van der Waals surface area contributed by atoms with E-state index in [1.54, 1.807) is 31.3 Å². The second-order valence-electron chi connectivity index (χ2n) is 6.15. The van der Waals surface area contributed by atoms with Crippen LogP contribution in [0, 0.1) is 13.8 Å². The zero-order valence-corrected chi connectivity index (χ0v) is 16.2. The number of carbonyl (C=O) groups excluding carboxylic acids is 1. The molecule has 136 valence electrons. The van der Waals surface area contributed by atoms with Crippen LogP contribution in [0.2, 0.25) is 5.02 Å². The number of aromatic nitrogens is 3. The van der Waals surface area contributed by atoms with Crippen LogP contribution in [-0.4, -0.2) is 20.4 Å². The molecule has 27 heavy (non-hydrogen) atoms. The number of rotatable bonds is 3. The molecule has 0 aliphatic carbocycles. The fourth-order valence-electron chi connectivity index (χ4n) is 2.93. The van der Waals surface area contributed by atoms with Crippen LogP contribution in [0.4, 0.5) is 5.69 Å². The van der Waals surface area contributed by atoms with Gasteiger partial charge in [-0.05, 0) is 43.7 Å². The summed E-state index contributed by atoms with van der Waals surface area (Å²) in [6.45, 7) is 3.42. The van der Waals surface area contributed by atoms with E-state index in [1.807, 2.05) is 19.1 Å². The summed E-state index contributed by atoms with van der Waals surface area (Å²) in [5.74, 6) is 0.167. The molecule has 1 N–H and O–H groups in total. The molecule has 0 spiro atoms. The molecule has 0 fully saturated rings. The Balaban J connectivity index is 1.71. The van der Waals surface area contributed by atoms with E-state index in [-0.39, 0.29) is 18.0 Å². The molecule has 8 heteroatoms. The zero-order valence-electron chi connectivity index (χ0n) is 14.6. The molecule has 0 radical (unpaired) electrons. The van der Waals surface area contributed by atoms with Crippen molar-refractivity contribution in [1.29, 1.82) is 0 Å². The van der Waals surface area contributed by atoms with Crippen molar-refractivity contribution in [2.24, 2.45) is 0 Å². The first-order valence-electron chi connectivity index (χ1n) is 8.25. The number of anilines is 1. The maximum atomic E-state index is 12.9. The zero-order chi connectivity index (χ0) is 19.1. The lowest BCUT2D eigenvalue weighted by Gasteiger charge is -2.12. The molecule has 0 saturated heterocycles. The van der Waals surface area contributed by atoms with E-state index in [1.165, 1.54) is 15.9 Å². The van der Waals surface area contributed by atoms with E-state index >= 15 is 0 Å². The third kappa shape index (κ3) is 3.09. The van der Waals surface area contributed by atoms with Crippen molar-refractivity contribution >= 4 is 55.0 Å².